The van der Waals surface area contributed by atoms with Crippen LogP contribution in [0.4, 0.5) is 5.69 Å². The maximum atomic E-state index is 13.0. The first kappa shape index (κ1) is 20.8. The quantitative estimate of drug-likeness (QED) is 0.805. The summed E-state index contributed by atoms with van der Waals surface area (Å²) in [5, 5.41) is 3.06. The molecule has 0 radical (unpaired) electrons. The van der Waals surface area contributed by atoms with Crippen molar-refractivity contribution in [1.29, 1.82) is 0 Å². The molecule has 0 bridgehead atoms. The molecule has 1 heterocycles. The van der Waals surface area contributed by atoms with Crippen molar-refractivity contribution in [3.05, 3.63) is 58.6 Å². The summed E-state index contributed by atoms with van der Waals surface area (Å²) < 4.78 is 27.4. The summed E-state index contributed by atoms with van der Waals surface area (Å²) >= 11 is 6.21. The highest BCUT2D eigenvalue weighted by Crippen LogP contribution is 2.25. The summed E-state index contributed by atoms with van der Waals surface area (Å²) in [6.07, 6.45) is 0.766. The van der Waals surface area contributed by atoms with Crippen molar-refractivity contribution in [3.8, 4) is 0 Å². The first-order valence-electron chi connectivity index (χ1n) is 9.20. The van der Waals surface area contributed by atoms with Crippen LogP contribution in [0.15, 0.2) is 47.4 Å². The van der Waals surface area contributed by atoms with Gasteiger partial charge in [-0.1, -0.05) is 36.7 Å². The van der Waals surface area contributed by atoms with Crippen LogP contribution in [-0.4, -0.2) is 56.8 Å². The number of hydrogen-bond acceptors (Lipinski definition) is 4. The number of sulfonamides is 1. The number of carbonyl (C=O) groups excluding carboxylic acids is 1. The Kier molecular flexibility index (Phi) is 6.40. The third kappa shape index (κ3) is 4.38. The highest BCUT2D eigenvalue weighted by molar-refractivity contribution is 7.89. The van der Waals surface area contributed by atoms with Crippen molar-refractivity contribution >= 4 is 33.2 Å². The second-order valence-electron chi connectivity index (χ2n) is 6.81. The summed E-state index contributed by atoms with van der Waals surface area (Å²) in [5.41, 5.74) is 1.83. The van der Waals surface area contributed by atoms with Crippen molar-refractivity contribution in [1.82, 2.24) is 9.21 Å². The highest BCUT2D eigenvalue weighted by atomic mass is 35.5. The van der Waals surface area contributed by atoms with Crippen LogP contribution in [0.3, 0.4) is 0 Å². The van der Waals surface area contributed by atoms with E-state index in [1.165, 1.54) is 22.5 Å². The Balaban J connectivity index is 1.88. The lowest BCUT2D eigenvalue weighted by molar-refractivity contribution is 0.102. The second kappa shape index (κ2) is 8.61. The van der Waals surface area contributed by atoms with Crippen LogP contribution in [0, 0.1) is 0 Å². The fourth-order valence-corrected chi connectivity index (χ4v) is 4.81. The van der Waals surface area contributed by atoms with Crippen molar-refractivity contribution < 1.29 is 13.2 Å². The van der Waals surface area contributed by atoms with Crippen LogP contribution < -0.4 is 5.32 Å². The number of anilines is 1. The molecule has 0 saturated carbocycles. The molecule has 0 spiro atoms. The van der Waals surface area contributed by atoms with E-state index in [1.807, 2.05) is 38.2 Å². The summed E-state index contributed by atoms with van der Waals surface area (Å²) in [5.74, 6) is -0.429. The minimum atomic E-state index is -3.68. The number of nitrogens with zero attached hydrogens (tertiary/aromatic N) is 2. The van der Waals surface area contributed by atoms with Crippen LogP contribution in [0.2, 0.25) is 5.02 Å². The molecule has 6 nitrogen and oxygen atoms in total. The number of likely N-dealkylation sites (N-methyl/N-ethyl adjacent to an activating group) is 1. The molecule has 1 amide bonds. The molecule has 1 aliphatic rings. The van der Waals surface area contributed by atoms with Crippen molar-refractivity contribution in [3.63, 3.8) is 0 Å². The number of halogens is 1. The van der Waals surface area contributed by atoms with E-state index < -0.39 is 15.9 Å². The van der Waals surface area contributed by atoms with Crippen LogP contribution >= 0.6 is 11.6 Å². The number of para-hydroxylation sites is 1. The number of carbonyl (C=O) groups is 1. The minimum absolute atomic E-state index is 0.0791. The molecule has 0 aliphatic carbocycles. The van der Waals surface area contributed by atoms with Gasteiger partial charge in [-0.15, -0.1) is 0 Å². The van der Waals surface area contributed by atoms with E-state index in [0.29, 0.717) is 31.9 Å². The molecular formula is C20H24ClN3O3S. The molecule has 1 aliphatic heterocycles. The van der Waals surface area contributed by atoms with Gasteiger partial charge < -0.3 is 10.2 Å². The van der Waals surface area contributed by atoms with Gasteiger partial charge in [0, 0.05) is 31.9 Å². The lowest BCUT2D eigenvalue weighted by atomic mass is 10.1. The molecule has 8 heteroatoms. The fraction of sp³-hybridized carbons (Fsp3) is 0.350. The van der Waals surface area contributed by atoms with Gasteiger partial charge in [-0.25, -0.2) is 8.42 Å². The number of amides is 1. The number of piperazine rings is 1. The standard InChI is InChI=1S/C20H24ClN3O3S/c1-3-15-6-4-5-7-19(15)22-20(25)17-14-16(8-9-18(17)21)28(26,27)24-12-10-23(2)11-13-24/h4-9,14H,3,10-13H2,1-2H3,(H,22,25). The highest BCUT2D eigenvalue weighted by Gasteiger charge is 2.28. The molecule has 2 aromatic rings. The Morgan fingerprint density at radius 3 is 2.46 bits per heavy atom. The van der Waals surface area contributed by atoms with Crippen LogP contribution in [0.25, 0.3) is 0 Å². The molecule has 3 rings (SSSR count). The predicted octanol–water partition coefficient (Wildman–Crippen LogP) is 3.09. The van der Waals surface area contributed by atoms with E-state index in [9.17, 15) is 13.2 Å². The minimum Gasteiger partial charge on any atom is -0.322 e. The van der Waals surface area contributed by atoms with Gasteiger partial charge in [-0.05, 0) is 43.3 Å². The molecule has 28 heavy (non-hydrogen) atoms. The molecule has 0 unspecified atom stereocenters. The van der Waals surface area contributed by atoms with Crippen LogP contribution in [-0.2, 0) is 16.4 Å². The second-order valence-corrected chi connectivity index (χ2v) is 9.16. The summed E-state index contributed by atoms with van der Waals surface area (Å²) in [6, 6.07) is 11.8. The molecule has 1 N–H and O–H groups in total. The average molecular weight is 422 g/mol. The zero-order valence-corrected chi connectivity index (χ0v) is 17.6. The lowest BCUT2D eigenvalue weighted by Crippen LogP contribution is -2.47. The number of aryl methyl sites for hydroxylation is 1. The van der Waals surface area contributed by atoms with Crippen molar-refractivity contribution in [2.75, 3.05) is 38.5 Å². The van der Waals surface area contributed by atoms with E-state index in [1.54, 1.807) is 0 Å². The number of nitrogens with one attached hydrogen (secondary N) is 1. The Morgan fingerprint density at radius 2 is 1.79 bits per heavy atom. The van der Waals surface area contributed by atoms with Crippen molar-refractivity contribution in [2.24, 2.45) is 0 Å². The van der Waals surface area contributed by atoms with Crippen LogP contribution in [0.5, 0.6) is 0 Å². The molecule has 1 saturated heterocycles. The third-order valence-corrected chi connectivity index (χ3v) is 7.15. The first-order valence-corrected chi connectivity index (χ1v) is 11.0. The van der Waals surface area contributed by atoms with Crippen LogP contribution in [0.1, 0.15) is 22.8 Å². The lowest BCUT2D eigenvalue weighted by Gasteiger charge is -2.31. The topological polar surface area (TPSA) is 69.7 Å². The zero-order chi connectivity index (χ0) is 20.3. The third-order valence-electron chi connectivity index (χ3n) is 4.93. The van der Waals surface area contributed by atoms with Gasteiger partial charge in [-0.3, -0.25) is 4.79 Å². The molecule has 150 valence electrons. The van der Waals surface area contributed by atoms with Gasteiger partial charge in [0.15, 0.2) is 0 Å². The average Bonchev–Trinajstić information content (AvgIpc) is 2.68. The molecule has 1 fully saturated rings. The largest absolute Gasteiger partial charge is 0.322 e. The summed E-state index contributed by atoms with van der Waals surface area (Å²) in [4.78, 5) is 15.0. The first-order chi connectivity index (χ1) is 13.3. The number of benzene rings is 2. The Morgan fingerprint density at radius 1 is 1.11 bits per heavy atom. The van der Waals surface area contributed by atoms with Crippen molar-refractivity contribution in [2.45, 2.75) is 18.2 Å². The monoisotopic (exact) mass is 421 g/mol. The van der Waals surface area contributed by atoms with E-state index >= 15 is 0 Å². The molecule has 2 aromatic carbocycles. The molecular weight excluding hydrogens is 398 g/mol. The van der Waals surface area contributed by atoms with Gasteiger partial charge in [0.05, 0.1) is 15.5 Å². The fourth-order valence-electron chi connectivity index (χ4n) is 3.16. The normalized spacial score (nSPS) is 16.1. The Labute approximate surface area is 171 Å². The van der Waals surface area contributed by atoms with Gasteiger partial charge >= 0.3 is 0 Å². The maximum absolute atomic E-state index is 13.0. The smallest absolute Gasteiger partial charge is 0.257 e. The maximum Gasteiger partial charge on any atom is 0.257 e. The Bertz CT molecular complexity index is 970. The zero-order valence-electron chi connectivity index (χ0n) is 16.0. The molecule has 0 aromatic heterocycles. The number of rotatable bonds is 5. The summed E-state index contributed by atoms with van der Waals surface area (Å²) in [6.45, 7) is 4.20. The predicted molar refractivity (Wildman–Crippen MR) is 111 cm³/mol. The van der Waals surface area contributed by atoms with Gasteiger partial charge in [0.25, 0.3) is 5.91 Å². The number of hydrogen-bond donors (Lipinski definition) is 1. The SMILES string of the molecule is CCc1ccccc1NC(=O)c1cc(S(=O)(=O)N2CCN(C)CC2)ccc1Cl. The van der Waals surface area contributed by atoms with Gasteiger partial charge in [-0.2, -0.15) is 4.31 Å². The van der Waals surface area contributed by atoms with Gasteiger partial charge in [0.2, 0.25) is 10.0 Å². The van der Waals surface area contributed by atoms with E-state index in [4.69, 9.17) is 11.6 Å². The Hall–Kier alpha value is -1.93. The summed E-state index contributed by atoms with van der Waals surface area (Å²) in [7, 11) is -1.71. The van der Waals surface area contributed by atoms with Gasteiger partial charge in [0.1, 0.15) is 0 Å². The molecule has 0 atom stereocenters. The van der Waals surface area contributed by atoms with E-state index in [-0.39, 0.29) is 15.5 Å². The van der Waals surface area contributed by atoms with E-state index in [0.717, 1.165) is 12.0 Å². The van der Waals surface area contributed by atoms with E-state index in [2.05, 4.69) is 10.2 Å².